The van der Waals surface area contributed by atoms with E-state index in [0.717, 1.165) is 16.2 Å². The molecular weight excluding hydrogens is 275 g/mol. The molecule has 2 rings (SSSR count). The van der Waals surface area contributed by atoms with Crippen LogP contribution in [0.15, 0.2) is 38.8 Å². The number of nitrogens with zero attached hydrogens (tertiary/aromatic N) is 3. The van der Waals surface area contributed by atoms with Crippen molar-refractivity contribution in [1.29, 1.82) is 0 Å². The van der Waals surface area contributed by atoms with Gasteiger partial charge in [-0.05, 0) is 24.6 Å². The summed E-state index contributed by atoms with van der Waals surface area (Å²) in [6.07, 6.45) is 1.43. The van der Waals surface area contributed by atoms with E-state index in [2.05, 4.69) is 9.98 Å². The first-order chi connectivity index (χ1) is 9.88. The van der Waals surface area contributed by atoms with Gasteiger partial charge in [0.15, 0.2) is 0 Å². The van der Waals surface area contributed by atoms with Gasteiger partial charge in [-0.2, -0.15) is 0 Å². The summed E-state index contributed by atoms with van der Waals surface area (Å²) in [5.41, 5.74) is -0.564. The van der Waals surface area contributed by atoms with Gasteiger partial charge < -0.3 is 4.90 Å². The van der Waals surface area contributed by atoms with E-state index in [1.165, 1.54) is 18.5 Å². The van der Waals surface area contributed by atoms with Crippen LogP contribution < -0.4 is 11.2 Å². The van der Waals surface area contributed by atoms with E-state index in [0.29, 0.717) is 0 Å². The summed E-state index contributed by atoms with van der Waals surface area (Å²) in [5, 5.41) is 0. The molecule has 0 spiro atoms. The third-order valence-electron chi connectivity index (χ3n) is 2.69. The van der Waals surface area contributed by atoms with E-state index >= 15 is 0 Å². The molecule has 0 bridgehead atoms. The van der Waals surface area contributed by atoms with Gasteiger partial charge in [0.1, 0.15) is 11.6 Å². The Labute approximate surface area is 120 Å². The molecule has 2 aromatic rings. The topological polar surface area (TPSA) is 70.5 Å². The van der Waals surface area contributed by atoms with Crippen molar-refractivity contribution in [2.24, 2.45) is 4.99 Å². The molecule has 1 aromatic carbocycles. The van der Waals surface area contributed by atoms with Crippen LogP contribution in [0.2, 0.25) is 0 Å². The van der Waals surface area contributed by atoms with Crippen LogP contribution in [-0.2, 0) is 0 Å². The molecule has 110 valence electrons. The van der Waals surface area contributed by atoms with Crippen molar-refractivity contribution in [3.8, 4) is 5.69 Å². The molecule has 0 saturated heterocycles. The van der Waals surface area contributed by atoms with Gasteiger partial charge in [-0.25, -0.2) is 18.7 Å². The molecule has 6 nitrogen and oxygen atoms in total. The van der Waals surface area contributed by atoms with Crippen molar-refractivity contribution in [1.82, 2.24) is 14.5 Å². The van der Waals surface area contributed by atoms with E-state index in [1.54, 1.807) is 32.0 Å². The zero-order valence-corrected chi connectivity index (χ0v) is 11.9. The van der Waals surface area contributed by atoms with Crippen LogP contribution in [0.25, 0.3) is 5.69 Å². The van der Waals surface area contributed by atoms with Crippen molar-refractivity contribution in [2.45, 2.75) is 6.92 Å². The van der Waals surface area contributed by atoms with E-state index in [-0.39, 0.29) is 11.5 Å². The molecule has 0 atom stereocenters. The number of halogens is 1. The number of nitrogens with one attached hydrogen (secondary N) is 1. The first-order valence-electron chi connectivity index (χ1n) is 6.22. The predicted molar refractivity (Wildman–Crippen MR) is 79.2 cm³/mol. The second-order valence-electron chi connectivity index (χ2n) is 4.80. The Morgan fingerprint density at radius 3 is 2.62 bits per heavy atom. The van der Waals surface area contributed by atoms with Crippen molar-refractivity contribution in [3.63, 3.8) is 0 Å². The molecule has 7 heteroatoms. The van der Waals surface area contributed by atoms with Gasteiger partial charge in [0.05, 0.1) is 12.0 Å². The average Bonchev–Trinajstić information content (AvgIpc) is 2.37. The highest BCUT2D eigenvalue weighted by Gasteiger charge is 2.12. The maximum Gasteiger partial charge on any atom is 0.334 e. The summed E-state index contributed by atoms with van der Waals surface area (Å²) in [6.45, 7) is 1.74. The number of H-pyrrole nitrogens is 1. The molecule has 0 aliphatic rings. The van der Waals surface area contributed by atoms with Crippen LogP contribution in [0.5, 0.6) is 0 Å². The highest BCUT2D eigenvalue weighted by Crippen LogP contribution is 2.18. The first kappa shape index (κ1) is 14.7. The number of aromatic amines is 1. The van der Waals surface area contributed by atoms with Crippen molar-refractivity contribution < 1.29 is 4.39 Å². The molecule has 1 aromatic heterocycles. The number of hydrogen-bond acceptors (Lipinski definition) is 3. The lowest BCUT2D eigenvalue weighted by atomic mass is 10.2. The Kier molecular flexibility index (Phi) is 4.02. The highest BCUT2D eigenvalue weighted by molar-refractivity contribution is 5.60. The van der Waals surface area contributed by atoms with Gasteiger partial charge in [0.25, 0.3) is 5.56 Å². The Balaban J connectivity index is 2.72. The van der Waals surface area contributed by atoms with Crippen LogP contribution >= 0.6 is 0 Å². The van der Waals surface area contributed by atoms with E-state index in [9.17, 15) is 14.0 Å². The molecule has 0 amide bonds. The van der Waals surface area contributed by atoms with Crippen LogP contribution in [-0.4, -0.2) is 34.9 Å². The maximum atomic E-state index is 14.1. The number of aryl methyl sites for hydroxylation is 1. The molecule has 0 unspecified atom stereocenters. The lowest BCUT2D eigenvalue weighted by molar-refractivity contribution is 0.613. The minimum Gasteiger partial charge on any atom is -0.369 e. The molecule has 0 aliphatic heterocycles. The summed E-state index contributed by atoms with van der Waals surface area (Å²) in [6, 6.07) is 5.60. The van der Waals surface area contributed by atoms with Gasteiger partial charge in [-0.1, -0.05) is 6.07 Å². The summed E-state index contributed by atoms with van der Waals surface area (Å²) >= 11 is 0. The monoisotopic (exact) mass is 290 g/mol. The largest absolute Gasteiger partial charge is 0.369 e. The second-order valence-corrected chi connectivity index (χ2v) is 4.80. The van der Waals surface area contributed by atoms with Crippen LogP contribution in [0.3, 0.4) is 0 Å². The standard InChI is InChI=1S/C14H15FN4O2/c1-9-4-5-11(10(15)6-9)19-12(16-8-18(2)3)7-13(20)17-14(19)21/h4-8H,1-3H3,(H,17,20,21)/b16-8+. The number of hydrogen-bond donors (Lipinski definition) is 1. The first-order valence-corrected chi connectivity index (χ1v) is 6.22. The lowest BCUT2D eigenvalue weighted by Crippen LogP contribution is -2.28. The quantitative estimate of drug-likeness (QED) is 0.682. The summed E-state index contributed by atoms with van der Waals surface area (Å²) < 4.78 is 15.1. The smallest absolute Gasteiger partial charge is 0.334 e. The zero-order chi connectivity index (χ0) is 15.6. The molecule has 0 saturated carbocycles. The molecular formula is C14H15FN4O2. The maximum absolute atomic E-state index is 14.1. The summed E-state index contributed by atoms with van der Waals surface area (Å²) in [5.74, 6) is -0.509. The minimum atomic E-state index is -0.740. The van der Waals surface area contributed by atoms with Gasteiger partial charge in [-0.3, -0.25) is 9.78 Å². The zero-order valence-electron chi connectivity index (χ0n) is 11.9. The van der Waals surface area contributed by atoms with Gasteiger partial charge in [-0.15, -0.1) is 0 Å². The van der Waals surface area contributed by atoms with Gasteiger partial charge in [0, 0.05) is 20.2 Å². The predicted octanol–water partition coefficient (Wildman–Crippen LogP) is 1.19. The third-order valence-corrected chi connectivity index (χ3v) is 2.69. The molecule has 1 N–H and O–H groups in total. The van der Waals surface area contributed by atoms with E-state index in [4.69, 9.17) is 0 Å². The van der Waals surface area contributed by atoms with Crippen molar-refractivity contribution in [2.75, 3.05) is 14.1 Å². The Morgan fingerprint density at radius 2 is 2.00 bits per heavy atom. The molecule has 21 heavy (non-hydrogen) atoms. The average molecular weight is 290 g/mol. The fourth-order valence-corrected chi connectivity index (χ4v) is 1.78. The van der Waals surface area contributed by atoms with E-state index < -0.39 is 17.1 Å². The van der Waals surface area contributed by atoms with Gasteiger partial charge >= 0.3 is 5.69 Å². The number of aliphatic imine (C=N–C) groups is 1. The Hall–Kier alpha value is -2.70. The fourth-order valence-electron chi connectivity index (χ4n) is 1.78. The van der Waals surface area contributed by atoms with Crippen molar-refractivity contribution >= 4 is 12.2 Å². The lowest BCUT2D eigenvalue weighted by Gasteiger charge is -2.11. The van der Waals surface area contributed by atoms with Crippen LogP contribution in [0.4, 0.5) is 10.2 Å². The third kappa shape index (κ3) is 3.25. The molecule has 0 radical (unpaired) electrons. The highest BCUT2D eigenvalue weighted by atomic mass is 19.1. The van der Waals surface area contributed by atoms with Crippen LogP contribution in [0.1, 0.15) is 5.56 Å². The number of benzene rings is 1. The van der Waals surface area contributed by atoms with Crippen molar-refractivity contribution in [3.05, 3.63) is 56.5 Å². The van der Waals surface area contributed by atoms with Crippen LogP contribution in [0, 0.1) is 12.7 Å². The van der Waals surface area contributed by atoms with E-state index in [1.807, 2.05) is 0 Å². The Morgan fingerprint density at radius 1 is 1.29 bits per heavy atom. The summed E-state index contributed by atoms with van der Waals surface area (Å²) in [7, 11) is 3.48. The number of rotatable bonds is 3. The Bertz CT molecular complexity index is 805. The second kappa shape index (κ2) is 5.74. The molecule has 1 heterocycles. The minimum absolute atomic E-state index is 0.0350. The molecule has 0 aliphatic carbocycles. The van der Waals surface area contributed by atoms with Gasteiger partial charge in [0.2, 0.25) is 0 Å². The summed E-state index contributed by atoms with van der Waals surface area (Å²) in [4.78, 5) is 31.2. The fraction of sp³-hybridized carbons (Fsp3) is 0.214. The SMILES string of the molecule is Cc1ccc(-n2c(/N=C/N(C)C)cc(=O)[nH]c2=O)c(F)c1. The number of aromatic nitrogens is 2. The normalized spacial score (nSPS) is 11.0. The molecule has 0 fully saturated rings.